The molecule has 144 valence electrons. The van der Waals surface area contributed by atoms with Gasteiger partial charge in [-0.2, -0.15) is 5.26 Å². The van der Waals surface area contributed by atoms with Gasteiger partial charge in [-0.15, -0.1) is 11.8 Å². The summed E-state index contributed by atoms with van der Waals surface area (Å²) in [6.45, 7) is 3.11. The molecule has 29 heavy (non-hydrogen) atoms. The molecule has 0 spiro atoms. The highest BCUT2D eigenvalue weighted by molar-refractivity contribution is 7.99. The van der Waals surface area contributed by atoms with Crippen LogP contribution in [-0.4, -0.2) is 16.2 Å². The van der Waals surface area contributed by atoms with Crippen LogP contribution in [0.25, 0.3) is 21.8 Å². The maximum absolute atomic E-state index is 12.2. The molecular formula is C24H21N3OS. The van der Waals surface area contributed by atoms with Crippen molar-refractivity contribution in [2.75, 3.05) is 11.1 Å². The summed E-state index contributed by atoms with van der Waals surface area (Å²) >= 11 is 1.60. The van der Waals surface area contributed by atoms with E-state index in [-0.39, 0.29) is 5.91 Å². The van der Waals surface area contributed by atoms with Crippen LogP contribution in [0.2, 0.25) is 0 Å². The molecule has 0 saturated heterocycles. The number of rotatable bonds is 6. The summed E-state index contributed by atoms with van der Waals surface area (Å²) in [5.74, 6) is 1.13. The van der Waals surface area contributed by atoms with Crippen LogP contribution in [-0.2, 0) is 17.1 Å². The zero-order valence-electron chi connectivity index (χ0n) is 16.2. The monoisotopic (exact) mass is 399 g/mol. The third kappa shape index (κ3) is 3.98. The fourth-order valence-electron chi connectivity index (χ4n) is 3.62. The third-order valence-electron chi connectivity index (χ3n) is 4.95. The molecule has 0 aliphatic carbocycles. The number of amides is 1. The zero-order chi connectivity index (χ0) is 20.2. The van der Waals surface area contributed by atoms with Crippen LogP contribution in [0.5, 0.6) is 0 Å². The van der Waals surface area contributed by atoms with Gasteiger partial charge in [0.1, 0.15) is 0 Å². The number of nitrogens with one attached hydrogen (secondary N) is 1. The van der Waals surface area contributed by atoms with Gasteiger partial charge in [-0.25, -0.2) is 0 Å². The van der Waals surface area contributed by atoms with Crippen LogP contribution in [0.4, 0.5) is 5.69 Å². The van der Waals surface area contributed by atoms with Gasteiger partial charge in [0.2, 0.25) is 5.91 Å². The number of hydrogen-bond acceptors (Lipinski definition) is 3. The number of para-hydroxylation sites is 1. The first-order valence-corrected chi connectivity index (χ1v) is 10.7. The van der Waals surface area contributed by atoms with Crippen molar-refractivity contribution in [2.24, 2.45) is 0 Å². The molecular weight excluding hydrogens is 378 g/mol. The molecule has 4 rings (SSSR count). The molecule has 0 aliphatic rings. The van der Waals surface area contributed by atoms with Gasteiger partial charge in [0.15, 0.2) is 0 Å². The molecule has 5 heteroatoms. The fourth-order valence-corrected chi connectivity index (χ4v) is 4.39. The van der Waals surface area contributed by atoms with E-state index in [9.17, 15) is 4.79 Å². The summed E-state index contributed by atoms with van der Waals surface area (Å²) in [5, 5.41) is 14.2. The minimum absolute atomic E-state index is 0.0385. The van der Waals surface area contributed by atoms with E-state index in [0.29, 0.717) is 17.0 Å². The molecule has 1 amide bonds. The number of fused-ring (bicyclic) bond motifs is 3. The first kappa shape index (κ1) is 19.1. The average molecular weight is 400 g/mol. The number of carbonyl (C=O) groups is 1. The van der Waals surface area contributed by atoms with Gasteiger partial charge >= 0.3 is 0 Å². The van der Waals surface area contributed by atoms with E-state index in [4.69, 9.17) is 5.26 Å². The Bertz CT molecular complexity index is 1220. The van der Waals surface area contributed by atoms with Gasteiger partial charge in [-0.3, -0.25) is 4.79 Å². The van der Waals surface area contributed by atoms with Gasteiger partial charge in [0.25, 0.3) is 0 Å². The molecule has 1 aromatic heterocycles. The standard InChI is InChI=1S/C24H21N3OS/c1-2-27-22-6-4-3-5-20(22)21-13-18(9-12-23(21)27)15-29-16-24(28)26-19-10-7-17(14-25)8-11-19/h3-13H,2,15-16H2,1H3,(H,26,28). The second-order valence-electron chi connectivity index (χ2n) is 6.84. The van der Waals surface area contributed by atoms with Gasteiger partial charge in [-0.05, 0) is 55.0 Å². The van der Waals surface area contributed by atoms with E-state index < -0.39 is 0 Å². The Morgan fingerprint density at radius 1 is 1.03 bits per heavy atom. The lowest BCUT2D eigenvalue weighted by Crippen LogP contribution is -2.14. The van der Waals surface area contributed by atoms with Crippen molar-refractivity contribution in [1.82, 2.24) is 4.57 Å². The van der Waals surface area contributed by atoms with Crippen LogP contribution >= 0.6 is 11.8 Å². The van der Waals surface area contributed by atoms with Crippen LogP contribution < -0.4 is 5.32 Å². The van der Waals surface area contributed by atoms with Crippen molar-refractivity contribution >= 4 is 45.2 Å². The molecule has 0 atom stereocenters. The summed E-state index contributed by atoms with van der Waals surface area (Å²) in [6.07, 6.45) is 0. The lowest BCUT2D eigenvalue weighted by atomic mass is 10.1. The molecule has 0 radical (unpaired) electrons. The van der Waals surface area contributed by atoms with E-state index in [2.05, 4.69) is 65.3 Å². The largest absolute Gasteiger partial charge is 0.341 e. The van der Waals surface area contributed by atoms with Gasteiger partial charge in [0.05, 0.1) is 17.4 Å². The van der Waals surface area contributed by atoms with E-state index in [0.717, 1.165) is 12.3 Å². The highest BCUT2D eigenvalue weighted by Gasteiger charge is 2.10. The third-order valence-corrected chi connectivity index (χ3v) is 5.96. The number of aryl methyl sites for hydroxylation is 1. The quantitative estimate of drug-likeness (QED) is 0.462. The Balaban J connectivity index is 1.42. The van der Waals surface area contributed by atoms with Crippen LogP contribution in [0, 0.1) is 11.3 Å². The first-order valence-electron chi connectivity index (χ1n) is 9.57. The normalized spacial score (nSPS) is 10.9. The van der Waals surface area contributed by atoms with E-state index >= 15 is 0 Å². The van der Waals surface area contributed by atoms with Crippen LogP contribution in [0.15, 0.2) is 66.7 Å². The predicted molar refractivity (Wildman–Crippen MR) is 121 cm³/mol. The Morgan fingerprint density at radius 3 is 2.55 bits per heavy atom. The van der Waals surface area contributed by atoms with Crippen molar-refractivity contribution in [3.63, 3.8) is 0 Å². The van der Waals surface area contributed by atoms with Gasteiger partial charge in [-0.1, -0.05) is 24.3 Å². The fraction of sp³-hybridized carbons (Fsp3) is 0.167. The van der Waals surface area contributed by atoms with Gasteiger partial charge < -0.3 is 9.88 Å². The van der Waals surface area contributed by atoms with E-state index in [1.54, 1.807) is 36.0 Å². The van der Waals surface area contributed by atoms with Crippen molar-refractivity contribution in [1.29, 1.82) is 5.26 Å². The number of hydrogen-bond donors (Lipinski definition) is 1. The van der Waals surface area contributed by atoms with Crippen LogP contribution in [0.3, 0.4) is 0 Å². The number of anilines is 1. The second kappa shape index (κ2) is 8.42. The number of thioether (sulfide) groups is 1. The lowest BCUT2D eigenvalue weighted by Gasteiger charge is -2.06. The minimum Gasteiger partial charge on any atom is -0.341 e. The molecule has 0 saturated carbocycles. The summed E-state index contributed by atoms with van der Waals surface area (Å²) in [4.78, 5) is 12.2. The van der Waals surface area contributed by atoms with Crippen molar-refractivity contribution in [3.8, 4) is 6.07 Å². The van der Waals surface area contributed by atoms with E-state index in [1.165, 1.54) is 27.4 Å². The smallest absolute Gasteiger partial charge is 0.234 e. The number of nitriles is 1. The maximum Gasteiger partial charge on any atom is 0.234 e. The van der Waals surface area contributed by atoms with Crippen molar-refractivity contribution < 1.29 is 4.79 Å². The van der Waals surface area contributed by atoms with Gasteiger partial charge in [0, 0.05) is 39.8 Å². The predicted octanol–water partition coefficient (Wildman–Crippen LogP) is 5.56. The SMILES string of the molecule is CCn1c2ccccc2c2cc(CSCC(=O)Nc3ccc(C#N)cc3)ccc21. The molecule has 0 fully saturated rings. The van der Waals surface area contributed by atoms with Crippen LogP contribution in [0.1, 0.15) is 18.1 Å². The molecule has 3 aromatic carbocycles. The molecule has 1 N–H and O–H groups in total. The maximum atomic E-state index is 12.2. The van der Waals surface area contributed by atoms with Crippen molar-refractivity contribution in [2.45, 2.75) is 19.2 Å². The lowest BCUT2D eigenvalue weighted by molar-refractivity contribution is -0.113. The van der Waals surface area contributed by atoms with Crippen molar-refractivity contribution in [3.05, 3.63) is 77.9 Å². The summed E-state index contributed by atoms with van der Waals surface area (Å²) in [5.41, 5.74) is 5.02. The highest BCUT2D eigenvalue weighted by Crippen LogP contribution is 2.30. The minimum atomic E-state index is -0.0385. The number of aromatic nitrogens is 1. The number of nitrogens with zero attached hydrogens (tertiary/aromatic N) is 2. The summed E-state index contributed by atoms with van der Waals surface area (Å²) < 4.78 is 2.34. The highest BCUT2D eigenvalue weighted by atomic mass is 32.2. The Morgan fingerprint density at radius 2 is 1.79 bits per heavy atom. The number of carbonyl (C=O) groups excluding carboxylic acids is 1. The molecule has 0 bridgehead atoms. The molecule has 0 aliphatic heterocycles. The molecule has 4 nitrogen and oxygen atoms in total. The topological polar surface area (TPSA) is 57.8 Å². The Labute approximate surface area is 174 Å². The molecule has 0 unspecified atom stereocenters. The summed E-state index contributed by atoms with van der Waals surface area (Å²) in [6, 6.07) is 24.0. The molecule has 4 aromatic rings. The van der Waals surface area contributed by atoms with E-state index in [1.807, 2.05) is 0 Å². The second-order valence-corrected chi connectivity index (χ2v) is 7.83. The summed E-state index contributed by atoms with van der Waals surface area (Å²) in [7, 11) is 0. The zero-order valence-corrected chi connectivity index (χ0v) is 17.0. The molecule has 1 heterocycles. The number of benzene rings is 3. The Hall–Kier alpha value is -3.23. The average Bonchev–Trinajstić information content (AvgIpc) is 3.07. The Kier molecular flexibility index (Phi) is 5.55. The first-order chi connectivity index (χ1) is 14.2.